The maximum Gasteiger partial charge on any atom is 0.0687 e. The summed E-state index contributed by atoms with van der Waals surface area (Å²) in [6, 6.07) is 0. The molecular formula is C7H17NO. The van der Waals surface area contributed by atoms with Crippen LogP contribution in [0.1, 0.15) is 26.7 Å². The molecule has 0 heterocycles. The topological polar surface area (TPSA) is 46.2 Å². The number of rotatable bonds is 4. The van der Waals surface area contributed by atoms with Crippen molar-refractivity contribution in [2.24, 2.45) is 11.7 Å². The normalized spacial score (nSPS) is 17.3. The van der Waals surface area contributed by atoms with E-state index in [1.807, 2.05) is 6.92 Å². The molecule has 0 rings (SSSR count). The van der Waals surface area contributed by atoms with Gasteiger partial charge < -0.3 is 10.8 Å². The van der Waals surface area contributed by atoms with Crippen LogP contribution in [0.25, 0.3) is 0 Å². The molecule has 0 aromatic carbocycles. The fourth-order valence-electron chi connectivity index (χ4n) is 0.880. The Labute approximate surface area is 57.1 Å². The lowest BCUT2D eigenvalue weighted by Gasteiger charge is -2.15. The molecule has 3 N–H and O–H groups in total. The fraction of sp³-hybridized carbons (Fsp3) is 1.00. The van der Waals surface area contributed by atoms with E-state index in [1.54, 1.807) is 0 Å². The maximum absolute atomic E-state index is 9.13. The number of hydrogen-bond donors (Lipinski definition) is 2. The van der Waals surface area contributed by atoms with Crippen LogP contribution in [0.4, 0.5) is 0 Å². The summed E-state index contributed by atoms with van der Waals surface area (Å²) in [4.78, 5) is 0. The van der Waals surface area contributed by atoms with E-state index >= 15 is 0 Å². The van der Waals surface area contributed by atoms with E-state index in [-0.39, 0.29) is 6.10 Å². The van der Waals surface area contributed by atoms with Crippen LogP contribution in [0, 0.1) is 5.92 Å². The Morgan fingerprint density at radius 1 is 1.56 bits per heavy atom. The highest BCUT2D eigenvalue weighted by molar-refractivity contribution is 4.63. The Morgan fingerprint density at radius 3 is 2.44 bits per heavy atom. The smallest absolute Gasteiger partial charge is 0.0687 e. The Bertz CT molecular complexity index is 65.9. The zero-order chi connectivity index (χ0) is 7.28. The molecule has 0 aromatic rings. The van der Waals surface area contributed by atoms with Gasteiger partial charge in [0.1, 0.15) is 0 Å². The molecule has 2 heteroatoms. The third-order valence-electron chi connectivity index (χ3n) is 1.64. The zero-order valence-corrected chi connectivity index (χ0v) is 6.30. The minimum Gasteiger partial charge on any atom is -0.392 e. The summed E-state index contributed by atoms with van der Waals surface area (Å²) in [5.74, 6) is 0.361. The van der Waals surface area contributed by atoms with Gasteiger partial charge in [-0.1, -0.05) is 20.3 Å². The van der Waals surface area contributed by atoms with Gasteiger partial charge in [-0.15, -0.1) is 0 Å². The van der Waals surface area contributed by atoms with Crippen LogP contribution in [0.3, 0.4) is 0 Å². The predicted molar refractivity (Wildman–Crippen MR) is 39.1 cm³/mol. The lowest BCUT2D eigenvalue weighted by molar-refractivity contribution is 0.119. The summed E-state index contributed by atoms with van der Waals surface area (Å²) >= 11 is 0. The Balaban J connectivity index is 3.32. The van der Waals surface area contributed by atoms with Crippen molar-refractivity contribution >= 4 is 0 Å². The first-order valence-electron chi connectivity index (χ1n) is 3.60. The molecule has 0 aliphatic rings. The second kappa shape index (κ2) is 4.77. The van der Waals surface area contributed by atoms with E-state index in [9.17, 15) is 0 Å². The van der Waals surface area contributed by atoms with Gasteiger partial charge in [0.25, 0.3) is 0 Å². The highest BCUT2D eigenvalue weighted by Gasteiger charge is 2.09. The maximum atomic E-state index is 9.13. The molecule has 0 spiro atoms. The number of aliphatic hydroxyl groups is 1. The van der Waals surface area contributed by atoms with Crippen LogP contribution in [0.2, 0.25) is 0 Å². The van der Waals surface area contributed by atoms with Gasteiger partial charge in [-0.2, -0.15) is 0 Å². The van der Waals surface area contributed by atoms with Crippen molar-refractivity contribution in [2.75, 3.05) is 6.54 Å². The second-order valence-corrected chi connectivity index (χ2v) is 2.57. The molecule has 0 aromatic heterocycles. The van der Waals surface area contributed by atoms with Crippen LogP contribution in [-0.2, 0) is 0 Å². The molecule has 56 valence electrons. The van der Waals surface area contributed by atoms with Gasteiger partial charge in [-0.05, 0) is 12.3 Å². The molecule has 2 unspecified atom stereocenters. The largest absolute Gasteiger partial charge is 0.392 e. The van der Waals surface area contributed by atoms with Crippen LogP contribution < -0.4 is 5.73 Å². The molecule has 2 nitrogen and oxygen atoms in total. The first kappa shape index (κ1) is 8.92. The summed E-state index contributed by atoms with van der Waals surface area (Å²) in [5.41, 5.74) is 5.25. The molecule has 2 atom stereocenters. The van der Waals surface area contributed by atoms with Crippen LogP contribution in [-0.4, -0.2) is 17.8 Å². The van der Waals surface area contributed by atoms with Gasteiger partial charge >= 0.3 is 0 Å². The van der Waals surface area contributed by atoms with Gasteiger partial charge in [0.15, 0.2) is 0 Å². The summed E-state index contributed by atoms with van der Waals surface area (Å²) in [5, 5.41) is 9.13. The standard InChI is InChI=1S/C7H17NO/c1-3-4-6(2)7(9)5-8/h6-7,9H,3-5,8H2,1-2H3. The van der Waals surface area contributed by atoms with Gasteiger partial charge in [0.05, 0.1) is 6.10 Å². The Morgan fingerprint density at radius 2 is 2.11 bits per heavy atom. The van der Waals surface area contributed by atoms with E-state index in [4.69, 9.17) is 10.8 Å². The summed E-state index contributed by atoms with van der Waals surface area (Å²) in [6.07, 6.45) is 1.89. The molecule has 0 bridgehead atoms. The van der Waals surface area contributed by atoms with Crippen molar-refractivity contribution in [2.45, 2.75) is 32.8 Å². The van der Waals surface area contributed by atoms with Gasteiger partial charge in [-0.25, -0.2) is 0 Å². The second-order valence-electron chi connectivity index (χ2n) is 2.57. The molecule has 0 aliphatic carbocycles. The van der Waals surface area contributed by atoms with Crippen LogP contribution in [0.15, 0.2) is 0 Å². The van der Waals surface area contributed by atoms with Crippen molar-refractivity contribution in [1.82, 2.24) is 0 Å². The van der Waals surface area contributed by atoms with Gasteiger partial charge in [0.2, 0.25) is 0 Å². The van der Waals surface area contributed by atoms with Crippen molar-refractivity contribution < 1.29 is 5.11 Å². The third-order valence-corrected chi connectivity index (χ3v) is 1.64. The number of hydrogen-bond acceptors (Lipinski definition) is 2. The molecule has 9 heavy (non-hydrogen) atoms. The predicted octanol–water partition coefficient (Wildman–Crippen LogP) is 0.742. The lowest BCUT2D eigenvalue weighted by Crippen LogP contribution is -2.26. The molecule has 0 aliphatic heterocycles. The van der Waals surface area contributed by atoms with Crippen molar-refractivity contribution in [1.29, 1.82) is 0 Å². The van der Waals surface area contributed by atoms with E-state index in [1.165, 1.54) is 0 Å². The van der Waals surface area contributed by atoms with Crippen LogP contribution >= 0.6 is 0 Å². The highest BCUT2D eigenvalue weighted by atomic mass is 16.3. The third kappa shape index (κ3) is 3.49. The summed E-state index contributed by atoms with van der Waals surface area (Å²) in [6.45, 7) is 4.53. The molecule has 0 fully saturated rings. The van der Waals surface area contributed by atoms with Crippen molar-refractivity contribution in [3.8, 4) is 0 Å². The molecule has 0 amide bonds. The highest BCUT2D eigenvalue weighted by Crippen LogP contribution is 2.08. The SMILES string of the molecule is CCCC(C)C(O)CN. The zero-order valence-electron chi connectivity index (χ0n) is 6.30. The summed E-state index contributed by atoms with van der Waals surface area (Å²) in [7, 11) is 0. The summed E-state index contributed by atoms with van der Waals surface area (Å²) < 4.78 is 0. The Kier molecular flexibility index (Phi) is 4.72. The average Bonchev–Trinajstić information content (AvgIpc) is 1.87. The lowest BCUT2D eigenvalue weighted by atomic mass is 10.00. The van der Waals surface area contributed by atoms with E-state index in [0.29, 0.717) is 12.5 Å². The van der Waals surface area contributed by atoms with E-state index in [0.717, 1.165) is 12.8 Å². The first-order valence-corrected chi connectivity index (χ1v) is 3.60. The quantitative estimate of drug-likeness (QED) is 0.591. The van der Waals surface area contributed by atoms with Crippen molar-refractivity contribution in [3.63, 3.8) is 0 Å². The first-order chi connectivity index (χ1) is 4.22. The molecule has 0 radical (unpaired) electrons. The number of nitrogens with two attached hydrogens (primary N) is 1. The minimum atomic E-state index is -0.301. The monoisotopic (exact) mass is 131 g/mol. The average molecular weight is 131 g/mol. The molecule has 0 saturated heterocycles. The molecular weight excluding hydrogens is 114 g/mol. The molecule has 0 saturated carbocycles. The van der Waals surface area contributed by atoms with E-state index in [2.05, 4.69) is 6.92 Å². The van der Waals surface area contributed by atoms with Crippen LogP contribution in [0.5, 0.6) is 0 Å². The van der Waals surface area contributed by atoms with Gasteiger partial charge in [-0.3, -0.25) is 0 Å². The van der Waals surface area contributed by atoms with Crippen molar-refractivity contribution in [3.05, 3.63) is 0 Å². The van der Waals surface area contributed by atoms with E-state index < -0.39 is 0 Å². The fourth-order valence-corrected chi connectivity index (χ4v) is 0.880. The Hall–Kier alpha value is -0.0800. The van der Waals surface area contributed by atoms with Gasteiger partial charge in [0, 0.05) is 6.54 Å². The number of aliphatic hydroxyl groups excluding tert-OH is 1. The minimum absolute atomic E-state index is 0.301.